The molecule has 2 heterocycles. The van der Waals surface area contributed by atoms with Gasteiger partial charge in [-0.15, -0.1) is 0 Å². The van der Waals surface area contributed by atoms with Gasteiger partial charge in [-0.3, -0.25) is 0 Å². The van der Waals surface area contributed by atoms with Crippen LogP contribution in [0.25, 0.3) is 16.7 Å². The average Bonchev–Trinajstić information content (AvgIpc) is 3.07. The lowest BCUT2D eigenvalue weighted by Gasteiger charge is -2.09. The largest absolute Gasteiger partial charge is 0.493 e. The van der Waals surface area contributed by atoms with Crippen molar-refractivity contribution in [3.05, 3.63) is 41.9 Å². The van der Waals surface area contributed by atoms with Gasteiger partial charge in [0, 0.05) is 6.07 Å². The number of aliphatic hydroxyl groups is 1. The Morgan fingerprint density at radius 1 is 1.18 bits per heavy atom. The molecule has 3 aromatic rings. The van der Waals surface area contributed by atoms with Gasteiger partial charge in [0.15, 0.2) is 17.3 Å². The minimum absolute atomic E-state index is 0.0109. The van der Waals surface area contributed by atoms with E-state index in [-0.39, 0.29) is 28.4 Å². The molecule has 0 aliphatic heterocycles. The van der Waals surface area contributed by atoms with E-state index in [9.17, 15) is 19.0 Å². The number of fused-ring (bicyclic) bond motifs is 1. The van der Waals surface area contributed by atoms with Gasteiger partial charge in [0.05, 0.1) is 6.20 Å². The summed E-state index contributed by atoms with van der Waals surface area (Å²) in [7, 11) is 0. The van der Waals surface area contributed by atoms with Crippen LogP contribution in [0.3, 0.4) is 0 Å². The van der Waals surface area contributed by atoms with Crippen LogP contribution in [0.4, 0.5) is 8.78 Å². The number of halogens is 2. The molecule has 1 aliphatic rings. The molecule has 1 aliphatic carbocycles. The van der Waals surface area contributed by atoms with Gasteiger partial charge >= 0.3 is 0 Å². The van der Waals surface area contributed by atoms with Crippen molar-refractivity contribution in [2.45, 2.75) is 18.4 Å². The number of aromatic hydroxyl groups is 1. The Kier molecular flexibility index (Phi) is 2.50. The predicted molar refractivity (Wildman–Crippen MR) is 71.4 cm³/mol. The third kappa shape index (κ3) is 1.84. The maximum absolute atomic E-state index is 13.9. The van der Waals surface area contributed by atoms with Crippen molar-refractivity contribution in [3.8, 4) is 11.6 Å². The molecule has 112 valence electrons. The Morgan fingerprint density at radius 3 is 2.64 bits per heavy atom. The van der Waals surface area contributed by atoms with E-state index >= 15 is 0 Å². The molecule has 0 atom stereocenters. The highest BCUT2D eigenvalue weighted by molar-refractivity contribution is 5.81. The quantitative estimate of drug-likeness (QED) is 0.754. The van der Waals surface area contributed by atoms with Crippen LogP contribution < -0.4 is 0 Å². The summed E-state index contributed by atoms with van der Waals surface area (Å²) in [6, 6.07) is 3.06. The second-order valence-corrected chi connectivity index (χ2v) is 5.29. The summed E-state index contributed by atoms with van der Waals surface area (Å²) in [6.45, 7) is 0. The molecule has 2 N–H and O–H groups in total. The van der Waals surface area contributed by atoms with E-state index in [1.165, 1.54) is 12.3 Å². The molecule has 1 saturated carbocycles. The topological polar surface area (TPSA) is 84.1 Å². The highest BCUT2D eigenvalue weighted by atomic mass is 19.1. The van der Waals surface area contributed by atoms with E-state index in [4.69, 9.17) is 0 Å². The highest BCUT2D eigenvalue weighted by Crippen LogP contribution is 2.44. The lowest BCUT2D eigenvalue weighted by Crippen LogP contribution is -2.11. The van der Waals surface area contributed by atoms with Crippen LogP contribution in [-0.2, 0) is 5.60 Å². The second kappa shape index (κ2) is 4.20. The van der Waals surface area contributed by atoms with E-state index in [1.807, 2.05) is 0 Å². The molecule has 0 radical (unpaired) electrons. The lowest BCUT2D eigenvalue weighted by atomic mass is 10.3. The third-order valence-electron chi connectivity index (χ3n) is 3.69. The van der Waals surface area contributed by atoms with Crippen LogP contribution in [0.15, 0.2) is 24.4 Å². The fraction of sp³-hybridized carbons (Fsp3) is 0.214. The molecular weight excluding hydrogens is 294 g/mol. The number of rotatable bonds is 2. The summed E-state index contributed by atoms with van der Waals surface area (Å²) in [4.78, 5) is 8.05. The van der Waals surface area contributed by atoms with Crippen LogP contribution >= 0.6 is 0 Å². The van der Waals surface area contributed by atoms with Gasteiger partial charge in [-0.1, -0.05) is 0 Å². The minimum atomic E-state index is -1.15. The SMILES string of the molecule is Oc1nc(C2(O)CC2)nc2c1cnn2-c1ccc(F)cc1F. The maximum Gasteiger partial charge on any atom is 0.225 e. The Labute approximate surface area is 122 Å². The summed E-state index contributed by atoms with van der Waals surface area (Å²) >= 11 is 0. The number of benzene rings is 1. The van der Waals surface area contributed by atoms with E-state index in [0.717, 1.165) is 16.8 Å². The normalized spacial score (nSPS) is 16.1. The minimum Gasteiger partial charge on any atom is -0.493 e. The molecular formula is C14H10F2N4O2. The Bertz CT molecular complexity index is 905. The first-order chi connectivity index (χ1) is 10.5. The Balaban J connectivity index is 1.97. The average molecular weight is 304 g/mol. The fourth-order valence-electron chi connectivity index (χ4n) is 2.27. The van der Waals surface area contributed by atoms with Gasteiger partial charge < -0.3 is 10.2 Å². The Hall–Kier alpha value is -2.61. The first-order valence-corrected chi connectivity index (χ1v) is 6.61. The first kappa shape index (κ1) is 13.1. The molecule has 0 spiro atoms. The van der Waals surface area contributed by atoms with Crippen LogP contribution in [0, 0.1) is 11.6 Å². The lowest BCUT2D eigenvalue weighted by molar-refractivity contribution is 0.140. The van der Waals surface area contributed by atoms with Crippen LogP contribution in [-0.4, -0.2) is 30.0 Å². The van der Waals surface area contributed by atoms with Crippen molar-refractivity contribution in [1.82, 2.24) is 19.7 Å². The van der Waals surface area contributed by atoms with E-state index in [1.54, 1.807) is 0 Å². The molecule has 4 rings (SSSR count). The summed E-state index contributed by atoms with van der Waals surface area (Å²) in [5.41, 5.74) is -1.01. The second-order valence-electron chi connectivity index (χ2n) is 5.29. The standard InChI is InChI=1S/C14H10F2N4O2/c15-7-1-2-10(9(16)5-7)20-11-8(6-17-20)12(21)19-13(18-11)14(22)3-4-14/h1-2,5-6,22H,3-4H2,(H,18,19,21). The molecule has 8 heteroatoms. The molecule has 6 nitrogen and oxygen atoms in total. The molecule has 22 heavy (non-hydrogen) atoms. The van der Waals surface area contributed by atoms with Crippen molar-refractivity contribution in [2.75, 3.05) is 0 Å². The molecule has 0 unspecified atom stereocenters. The summed E-state index contributed by atoms with van der Waals surface area (Å²) < 4.78 is 28.1. The van der Waals surface area contributed by atoms with E-state index < -0.39 is 17.2 Å². The zero-order chi connectivity index (χ0) is 15.5. The number of hydrogen-bond donors (Lipinski definition) is 2. The molecule has 0 bridgehead atoms. The fourth-order valence-corrected chi connectivity index (χ4v) is 2.27. The molecule has 1 aromatic carbocycles. The van der Waals surface area contributed by atoms with Gasteiger partial charge in [-0.25, -0.2) is 18.4 Å². The summed E-state index contributed by atoms with van der Waals surface area (Å²) in [5.74, 6) is -1.78. The van der Waals surface area contributed by atoms with Gasteiger partial charge in [-0.05, 0) is 25.0 Å². The monoisotopic (exact) mass is 304 g/mol. The number of nitrogens with zero attached hydrogens (tertiary/aromatic N) is 4. The summed E-state index contributed by atoms with van der Waals surface area (Å²) in [5, 5.41) is 24.2. The van der Waals surface area contributed by atoms with Crippen molar-refractivity contribution in [1.29, 1.82) is 0 Å². The predicted octanol–water partition coefficient (Wildman–Crippen LogP) is 1.78. The summed E-state index contributed by atoms with van der Waals surface area (Å²) in [6.07, 6.45) is 2.28. The molecule has 0 saturated heterocycles. The van der Waals surface area contributed by atoms with Crippen molar-refractivity contribution in [3.63, 3.8) is 0 Å². The highest BCUT2D eigenvalue weighted by Gasteiger charge is 2.46. The van der Waals surface area contributed by atoms with Gasteiger partial charge in [-0.2, -0.15) is 10.1 Å². The Morgan fingerprint density at radius 2 is 1.95 bits per heavy atom. The van der Waals surface area contributed by atoms with Crippen molar-refractivity contribution >= 4 is 11.0 Å². The van der Waals surface area contributed by atoms with Gasteiger partial charge in [0.1, 0.15) is 22.5 Å². The molecule has 0 amide bonds. The zero-order valence-electron chi connectivity index (χ0n) is 11.2. The number of aromatic nitrogens is 4. The smallest absolute Gasteiger partial charge is 0.225 e. The first-order valence-electron chi connectivity index (χ1n) is 6.61. The van der Waals surface area contributed by atoms with Gasteiger partial charge in [0.2, 0.25) is 5.88 Å². The van der Waals surface area contributed by atoms with Crippen LogP contribution in [0.5, 0.6) is 5.88 Å². The van der Waals surface area contributed by atoms with Crippen molar-refractivity contribution < 1.29 is 19.0 Å². The molecule has 1 fully saturated rings. The van der Waals surface area contributed by atoms with Crippen molar-refractivity contribution in [2.24, 2.45) is 0 Å². The van der Waals surface area contributed by atoms with Crippen LogP contribution in [0.1, 0.15) is 18.7 Å². The third-order valence-corrected chi connectivity index (χ3v) is 3.69. The van der Waals surface area contributed by atoms with E-state index in [0.29, 0.717) is 12.8 Å². The zero-order valence-corrected chi connectivity index (χ0v) is 11.2. The number of hydrogen-bond acceptors (Lipinski definition) is 5. The van der Waals surface area contributed by atoms with E-state index in [2.05, 4.69) is 15.1 Å². The maximum atomic E-state index is 13.9. The molecule has 2 aromatic heterocycles. The van der Waals surface area contributed by atoms with Gasteiger partial charge in [0.25, 0.3) is 0 Å². The van der Waals surface area contributed by atoms with Crippen LogP contribution in [0.2, 0.25) is 0 Å².